The maximum Gasteiger partial charge on any atom is 0.146 e. The lowest BCUT2D eigenvalue weighted by atomic mass is 10.1. The largest absolute Gasteiger partial charge is 0.396 e. The van der Waals surface area contributed by atoms with Crippen LogP contribution in [0, 0.1) is 12.7 Å². The highest BCUT2D eigenvalue weighted by atomic mass is 19.1. The van der Waals surface area contributed by atoms with Gasteiger partial charge in [-0.25, -0.2) is 4.39 Å². The quantitative estimate of drug-likeness (QED) is 0.680. The number of benzene rings is 1. The molecule has 0 aromatic heterocycles. The van der Waals surface area contributed by atoms with Crippen molar-refractivity contribution in [3.8, 4) is 0 Å². The maximum absolute atomic E-state index is 13.0. The molecule has 1 rings (SSSR count). The monoisotopic (exact) mass is 180 g/mol. The normalized spacial score (nSPS) is 11.0. The molecule has 0 bridgehead atoms. The number of hydrogen-bond acceptors (Lipinski definition) is 2. The van der Waals surface area contributed by atoms with Gasteiger partial charge in [0.2, 0.25) is 0 Å². The number of hydrogen-bond donors (Lipinski definition) is 2. The Morgan fingerprint density at radius 2 is 2.15 bits per heavy atom. The zero-order valence-corrected chi connectivity index (χ0v) is 7.55. The summed E-state index contributed by atoms with van der Waals surface area (Å²) in [5.74, 6) is -0.387. The lowest BCUT2D eigenvalue weighted by Gasteiger charge is -2.03. The minimum Gasteiger partial charge on any atom is -0.396 e. The summed E-state index contributed by atoms with van der Waals surface area (Å²) < 4.78 is 13.0. The van der Waals surface area contributed by atoms with Gasteiger partial charge in [0.25, 0.3) is 0 Å². The Morgan fingerprint density at radius 1 is 1.46 bits per heavy atom. The first-order chi connectivity index (χ1) is 6.15. The van der Waals surface area contributed by atoms with E-state index in [-0.39, 0.29) is 11.5 Å². The average Bonchev–Trinajstić information content (AvgIpc) is 2.09. The van der Waals surface area contributed by atoms with Gasteiger partial charge < -0.3 is 11.5 Å². The van der Waals surface area contributed by atoms with Crippen LogP contribution in [0.2, 0.25) is 0 Å². The van der Waals surface area contributed by atoms with Crippen LogP contribution in [0.4, 0.5) is 10.1 Å². The number of rotatable bonds is 2. The molecule has 2 nitrogen and oxygen atoms in total. The molecule has 1 aromatic carbocycles. The lowest BCUT2D eigenvalue weighted by Crippen LogP contribution is -1.95. The number of nitrogen functional groups attached to an aromatic ring is 1. The Morgan fingerprint density at radius 3 is 2.77 bits per heavy atom. The van der Waals surface area contributed by atoms with Crippen LogP contribution in [0.1, 0.15) is 11.1 Å². The van der Waals surface area contributed by atoms with Crippen molar-refractivity contribution in [3.05, 3.63) is 35.2 Å². The van der Waals surface area contributed by atoms with Crippen molar-refractivity contribution in [3.63, 3.8) is 0 Å². The summed E-state index contributed by atoms with van der Waals surface area (Å²) in [5, 5.41) is 0. The topological polar surface area (TPSA) is 52.0 Å². The first kappa shape index (κ1) is 9.74. The fourth-order valence-corrected chi connectivity index (χ4v) is 1.09. The van der Waals surface area contributed by atoms with E-state index in [1.54, 1.807) is 18.2 Å². The second kappa shape index (κ2) is 4.05. The lowest BCUT2D eigenvalue weighted by molar-refractivity contribution is 0.632. The fraction of sp³-hybridized carbons (Fsp3) is 0.200. The Balaban J connectivity index is 3.08. The highest BCUT2D eigenvalue weighted by Gasteiger charge is 2.01. The third-order valence-electron chi connectivity index (χ3n) is 1.82. The summed E-state index contributed by atoms with van der Waals surface area (Å²) in [5.41, 5.74) is 12.6. The fourth-order valence-electron chi connectivity index (χ4n) is 1.09. The van der Waals surface area contributed by atoms with E-state index < -0.39 is 0 Å². The Bertz CT molecular complexity index is 332. The summed E-state index contributed by atoms with van der Waals surface area (Å²) in [6, 6.07) is 3.03. The van der Waals surface area contributed by atoms with Crippen molar-refractivity contribution in [1.82, 2.24) is 0 Å². The van der Waals surface area contributed by atoms with Gasteiger partial charge in [-0.15, -0.1) is 0 Å². The molecule has 0 saturated carbocycles. The Labute approximate surface area is 77.0 Å². The van der Waals surface area contributed by atoms with E-state index in [0.29, 0.717) is 6.54 Å². The van der Waals surface area contributed by atoms with E-state index in [1.165, 1.54) is 6.07 Å². The van der Waals surface area contributed by atoms with Crippen LogP contribution in [-0.2, 0) is 0 Å². The van der Waals surface area contributed by atoms with Gasteiger partial charge in [0.15, 0.2) is 0 Å². The molecule has 70 valence electrons. The number of halogens is 1. The van der Waals surface area contributed by atoms with Crippen LogP contribution >= 0.6 is 0 Å². The molecule has 0 aliphatic rings. The highest BCUT2D eigenvalue weighted by Crippen LogP contribution is 2.17. The maximum atomic E-state index is 13.0. The van der Waals surface area contributed by atoms with Crippen LogP contribution in [0.3, 0.4) is 0 Å². The van der Waals surface area contributed by atoms with E-state index in [1.807, 2.05) is 6.92 Å². The van der Waals surface area contributed by atoms with Crippen molar-refractivity contribution in [1.29, 1.82) is 0 Å². The minimum atomic E-state index is -0.387. The van der Waals surface area contributed by atoms with E-state index in [9.17, 15) is 4.39 Å². The van der Waals surface area contributed by atoms with Gasteiger partial charge >= 0.3 is 0 Å². The van der Waals surface area contributed by atoms with Crippen molar-refractivity contribution in [2.45, 2.75) is 6.92 Å². The van der Waals surface area contributed by atoms with Crippen LogP contribution in [0.5, 0.6) is 0 Å². The first-order valence-corrected chi connectivity index (χ1v) is 4.07. The molecule has 0 saturated heterocycles. The first-order valence-electron chi connectivity index (χ1n) is 4.07. The molecule has 0 atom stereocenters. The van der Waals surface area contributed by atoms with Gasteiger partial charge in [-0.2, -0.15) is 0 Å². The second-order valence-corrected chi connectivity index (χ2v) is 2.87. The zero-order chi connectivity index (χ0) is 9.84. The van der Waals surface area contributed by atoms with E-state index in [4.69, 9.17) is 11.5 Å². The van der Waals surface area contributed by atoms with Crippen molar-refractivity contribution in [2.24, 2.45) is 5.73 Å². The van der Waals surface area contributed by atoms with Gasteiger partial charge in [-0.3, -0.25) is 0 Å². The zero-order valence-electron chi connectivity index (χ0n) is 7.55. The molecule has 0 spiro atoms. The van der Waals surface area contributed by atoms with Crippen LogP contribution in [-0.4, -0.2) is 6.54 Å². The summed E-state index contributed by atoms with van der Waals surface area (Å²) >= 11 is 0. The van der Waals surface area contributed by atoms with Crippen LogP contribution < -0.4 is 11.5 Å². The second-order valence-electron chi connectivity index (χ2n) is 2.87. The van der Waals surface area contributed by atoms with E-state index in [0.717, 1.165) is 11.1 Å². The van der Waals surface area contributed by atoms with Crippen LogP contribution in [0.15, 0.2) is 18.2 Å². The molecule has 0 fully saturated rings. The molecule has 13 heavy (non-hydrogen) atoms. The predicted octanol–water partition coefficient (Wildman–Crippen LogP) is 1.69. The van der Waals surface area contributed by atoms with Crippen molar-refractivity contribution in [2.75, 3.05) is 12.3 Å². The summed E-state index contributed by atoms with van der Waals surface area (Å²) in [6.07, 6.45) is 3.57. The molecular formula is C10H13FN2. The number of nitrogens with two attached hydrogens (primary N) is 2. The average molecular weight is 180 g/mol. The van der Waals surface area contributed by atoms with Gasteiger partial charge in [0.05, 0.1) is 5.69 Å². The molecule has 1 aromatic rings. The molecule has 0 aliphatic carbocycles. The molecule has 0 unspecified atom stereocenters. The van der Waals surface area contributed by atoms with Gasteiger partial charge in [0, 0.05) is 6.54 Å². The summed E-state index contributed by atoms with van der Waals surface area (Å²) in [4.78, 5) is 0. The molecule has 0 aliphatic heterocycles. The van der Waals surface area contributed by atoms with Crippen molar-refractivity contribution < 1.29 is 4.39 Å². The minimum absolute atomic E-state index is 0.183. The van der Waals surface area contributed by atoms with E-state index in [2.05, 4.69) is 0 Å². The molecule has 0 radical (unpaired) electrons. The predicted molar refractivity (Wildman–Crippen MR) is 53.6 cm³/mol. The summed E-state index contributed by atoms with van der Waals surface area (Å²) in [6.45, 7) is 2.33. The van der Waals surface area contributed by atoms with Crippen LogP contribution in [0.25, 0.3) is 6.08 Å². The molecule has 4 N–H and O–H groups in total. The molecule has 3 heteroatoms. The molecular weight excluding hydrogens is 167 g/mol. The molecule has 0 amide bonds. The Kier molecular flexibility index (Phi) is 3.03. The third kappa shape index (κ3) is 2.29. The highest BCUT2D eigenvalue weighted by molar-refractivity contribution is 5.58. The molecule has 0 heterocycles. The summed E-state index contributed by atoms with van der Waals surface area (Å²) in [7, 11) is 0. The van der Waals surface area contributed by atoms with Gasteiger partial charge in [0.1, 0.15) is 5.82 Å². The standard InChI is InChI=1S/C10H13FN2/c1-7-5-10(13)9(11)6-8(7)3-2-4-12/h2-3,5-6H,4,12-13H2,1H3. The third-order valence-corrected chi connectivity index (χ3v) is 1.82. The number of aryl methyl sites for hydroxylation is 1. The Hall–Kier alpha value is -1.35. The smallest absolute Gasteiger partial charge is 0.146 e. The van der Waals surface area contributed by atoms with Gasteiger partial charge in [-0.05, 0) is 30.2 Å². The SMILES string of the molecule is Cc1cc(N)c(F)cc1C=CCN. The number of anilines is 1. The van der Waals surface area contributed by atoms with Crippen molar-refractivity contribution >= 4 is 11.8 Å². The van der Waals surface area contributed by atoms with Gasteiger partial charge in [-0.1, -0.05) is 12.2 Å². The van der Waals surface area contributed by atoms with E-state index >= 15 is 0 Å².